The molecule has 1 aromatic carbocycles. The van der Waals surface area contributed by atoms with Gasteiger partial charge in [0.2, 0.25) is 0 Å². The van der Waals surface area contributed by atoms with Crippen molar-refractivity contribution in [3.63, 3.8) is 0 Å². The topological polar surface area (TPSA) is 17.1 Å². The fourth-order valence-corrected chi connectivity index (χ4v) is 2.29. The number of rotatable bonds is 8. The molecule has 0 aliphatic carbocycles. The number of carbonyl (C=O) groups excluding carboxylic acids is 1. The molecule has 0 saturated heterocycles. The van der Waals surface area contributed by atoms with Crippen LogP contribution in [0.15, 0.2) is 24.3 Å². The molecule has 0 amide bonds. The first-order valence-electron chi connectivity index (χ1n) is 6.84. The third-order valence-corrected chi connectivity index (χ3v) is 3.37. The van der Waals surface area contributed by atoms with E-state index in [1.54, 1.807) is 0 Å². The van der Waals surface area contributed by atoms with E-state index >= 15 is 0 Å². The van der Waals surface area contributed by atoms with E-state index in [4.69, 9.17) is 0 Å². The lowest BCUT2D eigenvalue weighted by molar-refractivity contribution is -0.107. The lowest BCUT2D eigenvalue weighted by atomic mass is 9.90. The van der Waals surface area contributed by atoms with E-state index < -0.39 is 0 Å². The Hall–Kier alpha value is -1.11. The normalized spacial score (nSPS) is 12.4. The van der Waals surface area contributed by atoms with E-state index in [9.17, 15) is 4.79 Å². The van der Waals surface area contributed by atoms with E-state index in [1.165, 1.54) is 36.8 Å². The van der Waals surface area contributed by atoms with Gasteiger partial charge in [-0.25, -0.2) is 0 Å². The van der Waals surface area contributed by atoms with Crippen molar-refractivity contribution in [1.82, 2.24) is 0 Å². The maximum absolute atomic E-state index is 10.4. The quantitative estimate of drug-likeness (QED) is 0.603. The molecule has 0 bridgehead atoms. The van der Waals surface area contributed by atoms with E-state index in [0.29, 0.717) is 12.3 Å². The van der Waals surface area contributed by atoms with Crippen molar-refractivity contribution in [1.29, 1.82) is 0 Å². The van der Waals surface area contributed by atoms with Crippen molar-refractivity contribution in [2.75, 3.05) is 0 Å². The Morgan fingerprint density at radius 3 is 2.76 bits per heavy atom. The molecule has 0 spiro atoms. The maximum atomic E-state index is 10.4. The van der Waals surface area contributed by atoms with Crippen LogP contribution in [0.5, 0.6) is 0 Å². The molecule has 0 fully saturated rings. The van der Waals surface area contributed by atoms with Crippen LogP contribution in [-0.4, -0.2) is 6.29 Å². The highest BCUT2D eigenvalue weighted by atomic mass is 16.1. The Kier molecular flexibility index (Phi) is 6.61. The van der Waals surface area contributed by atoms with E-state index in [0.717, 1.165) is 12.7 Å². The van der Waals surface area contributed by atoms with Crippen LogP contribution >= 0.6 is 0 Å². The summed E-state index contributed by atoms with van der Waals surface area (Å²) in [5, 5.41) is 0. The Balaban J connectivity index is 2.69. The zero-order valence-corrected chi connectivity index (χ0v) is 11.1. The molecular formula is C16H24O. The summed E-state index contributed by atoms with van der Waals surface area (Å²) < 4.78 is 0. The zero-order chi connectivity index (χ0) is 12.5. The first kappa shape index (κ1) is 14.0. The molecule has 0 heterocycles. The SMILES string of the molecule is CCCCC(CC)c1cccc(CCC=O)c1. The van der Waals surface area contributed by atoms with Crippen molar-refractivity contribution in [3.05, 3.63) is 35.4 Å². The van der Waals surface area contributed by atoms with Crippen molar-refractivity contribution < 1.29 is 4.79 Å². The summed E-state index contributed by atoms with van der Waals surface area (Å²) in [6.07, 6.45) is 7.57. The molecule has 1 heteroatoms. The molecule has 1 aromatic rings. The minimum absolute atomic E-state index is 0.634. The number of hydrogen-bond donors (Lipinski definition) is 0. The largest absolute Gasteiger partial charge is 0.303 e. The van der Waals surface area contributed by atoms with Gasteiger partial charge in [0.1, 0.15) is 6.29 Å². The summed E-state index contributed by atoms with van der Waals surface area (Å²) in [7, 11) is 0. The van der Waals surface area contributed by atoms with Gasteiger partial charge in [0, 0.05) is 6.42 Å². The average Bonchev–Trinajstić information content (AvgIpc) is 2.38. The van der Waals surface area contributed by atoms with Gasteiger partial charge in [-0.15, -0.1) is 0 Å². The summed E-state index contributed by atoms with van der Waals surface area (Å²) in [4.78, 5) is 10.4. The summed E-state index contributed by atoms with van der Waals surface area (Å²) in [6.45, 7) is 4.51. The van der Waals surface area contributed by atoms with Crippen LogP contribution in [-0.2, 0) is 11.2 Å². The molecule has 0 radical (unpaired) electrons. The lowest BCUT2D eigenvalue weighted by Crippen LogP contribution is -1.98. The van der Waals surface area contributed by atoms with E-state index in [2.05, 4.69) is 38.1 Å². The fraction of sp³-hybridized carbons (Fsp3) is 0.562. The standard InChI is InChI=1S/C16H24O/c1-3-5-10-15(4-2)16-11-6-8-14(13-16)9-7-12-17/h6,8,11-13,15H,3-5,7,9-10H2,1-2H3. The van der Waals surface area contributed by atoms with Gasteiger partial charge < -0.3 is 4.79 Å². The van der Waals surface area contributed by atoms with Crippen LogP contribution in [0.3, 0.4) is 0 Å². The van der Waals surface area contributed by atoms with Gasteiger partial charge in [0.15, 0.2) is 0 Å². The van der Waals surface area contributed by atoms with Crippen molar-refractivity contribution in [3.8, 4) is 0 Å². The second kappa shape index (κ2) is 8.05. The van der Waals surface area contributed by atoms with Crippen LogP contribution in [0, 0.1) is 0 Å². The molecule has 1 unspecified atom stereocenters. The second-order valence-corrected chi connectivity index (χ2v) is 4.70. The Morgan fingerprint density at radius 2 is 2.12 bits per heavy atom. The molecular weight excluding hydrogens is 208 g/mol. The summed E-state index contributed by atoms with van der Waals surface area (Å²) >= 11 is 0. The number of benzene rings is 1. The van der Waals surface area contributed by atoms with Gasteiger partial charge in [-0.3, -0.25) is 0 Å². The minimum Gasteiger partial charge on any atom is -0.303 e. The molecule has 1 atom stereocenters. The van der Waals surface area contributed by atoms with Gasteiger partial charge in [-0.05, 0) is 36.3 Å². The smallest absolute Gasteiger partial charge is 0.120 e. The highest BCUT2D eigenvalue weighted by Crippen LogP contribution is 2.26. The number of aldehydes is 1. The summed E-state index contributed by atoms with van der Waals surface area (Å²) in [6, 6.07) is 8.77. The monoisotopic (exact) mass is 232 g/mol. The Bertz CT molecular complexity index is 330. The molecule has 0 N–H and O–H groups in total. The number of unbranched alkanes of at least 4 members (excludes halogenated alkanes) is 1. The predicted molar refractivity (Wildman–Crippen MR) is 73.4 cm³/mol. The van der Waals surface area contributed by atoms with E-state index in [1.807, 2.05) is 0 Å². The summed E-state index contributed by atoms with van der Waals surface area (Å²) in [5.74, 6) is 0.686. The lowest BCUT2D eigenvalue weighted by Gasteiger charge is -2.15. The molecule has 0 aliphatic rings. The molecule has 17 heavy (non-hydrogen) atoms. The van der Waals surface area contributed by atoms with Gasteiger partial charge in [-0.1, -0.05) is 51.0 Å². The molecule has 0 aromatic heterocycles. The number of hydrogen-bond acceptors (Lipinski definition) is 1. The first-order chi connectivity index (χ1) is 8.31. The minimum atomic E-state index is 0.634. The van der Waals surface area contributed by atoms with Crippen molar-refractivity contribution in [2.45, 2.75) is 58.3 Å². The van der Waals surface area contributed by atoms with Gasteiger partial charge in [0.05, 0.1) is 0 Å². The number of carbonyl (C=O) groups is 1. The predicted octanol–water partition coefficient (Wildman–Crippen LogP) is 4.50. The molecule has 1 nitrogen and oxygen atoms in total. The average molecular weight is 232 g/mol. The second-order valence-electron chi connectivity index (χ2n) is 4.70. The zero-order valence-electron chi connectivity index (χ0n) is 11.1. The van der Waals surface area contributed by atoms with Crippen LogP contribution in [0.4, 0.5) is 0 Å². The Labute approximate surface area is 105 Å². The third kappa shape index (κ3) is 4.72. The van der Waals surface area contributed by atoms with Gasteiger partial charge in [0.25, 0.3) is 0 Å². The maximum Gasteiger partial charge on any atom is 0.120 e. The van der Waals surface area contributed by atoms with Gasteiger partial charge in [-0.2, -0.15) is 0 Å². The van der Waals surface area contributed by atoms with Crippen LogP contribution < -0.4 is 0 Å². The van der Waals surface area contributed by atoms with E-state index in [-0.39, 0.29) is 0 Å². The van der Waals surface area contributed by atoms with Crippen molar-refractivity contribution in [2.24, 2.45) is 0 Å². The van der Waals surface area contributed by atoms with Gasteiger partial charge >= 0.3 is 0 Å². The molecule has 0 saturated carbocycles. The highest BCUT2D eigenvalue weighted by molar-refractivity contribution is 5.50. The third-order valence-electron chi connectivity index (χ3n) is 3.37. The summed E-state index contributed by atoms with van der Waals surface area (Å²) in [5.41, 5.74) is 2.74. The van der Waals surface area contributed by atoms with Crippen LogP contribution in [0.1, 0.15) is 63.0 Å². The fourth-order valence-electron chi connectivity index (χ4n) is 2.29. The highest BCUT2D eigenvalue weighted by Gasteiger charge is 2.08. The Morgan fingerprint density at radius 1 is 1.29 bits per heavy atom. The van der Waals surface area contributed by atoms with Crippen LogP contribution in [0.25, 0.3) is 0 Å². The first-order valence-corrected chi connectivity index (χ1v) is 6.84. The molecule has 1 rings (SSSR count). The molecule has 0 aliphatic heterocycles. The molecule has 94 valence electrons. The van der Waals surface area contributed by atoms with Crippen molar-refractivity contribution >= 4 is 6.29 Å². The number of aryl methyl sites for hydroxylation is 1. The van der Waals surface area contributed by atoms with Crippen LogP contribution in [0.2, 0.25) is 0 Å².